The Labute approximate surface area is 132 Å². The van der Waals surface area contributed by atoms with Crippen LogP contribution in [-0.2, 0) is 11.2 Å². The molecule has 122 valence electrons. The van der Waals surface area contributed by atoms with E-state index in [9.17, 15) is 14.7 Å². The van der Waals surface area contributed by atoms with E-state index in [1.54, 1.807) is 12.1 Å². The minimum atomic E-state index is -1.08. The van der Waals surface area contributed by atoms with E-state index in [2.05, 4.69) is 13.8 Å². The number of carbonyl (C=O) groups is 2. The monoisotopic (exact) mass is 306 g/mol. The summed E-state index contributed by atoms with van der Waals surface area (Å²) >= 11 is 0. The highest BCUT2D eigenvalue weighted by Gasteiger charge is 2.22. The molecule has 1 aromatic carbocycles. The SMILES string of the molecule is CCc1cccc(C(=O)OC(CC)CCC(C)C)c1C(=O)O. The first kappa shape index (κ1) is 18.2. The summed E-state index contributed by atoms with van der Waals surface area (Å²) in [5.41, 5.74) is 0.862. The fourth-order valence-electron chi connectivity index (χ4n) is 2.40. The molecule has 0 amide bonds. The molecular formula is C18H26O4. The fraction of sp³-hybridized carbons (Fsp3) is 0.556. The molecule has 0 aliphatic rings. The Kier molecular flexibility index (Phi) is 7.09. The highest BCUT2D eigenvalue weighted by molar-refractivity contribution is 6.03. The van der Waals surface area contributed by atoms with Gasteiger partial charge in [-0.05, 0) is 43.2 Å². The standard InChI is InChI=1S/C18H26O4/c1-5-13-8-7-9-15(16(13)17(19)20)18(21)22-14(6-2)11-10-12(3)4/h7-9,12,14H,5-6,10-11H2,1-4H3,(H,19,20). The average molecular weight is 306 g/mol. The van der Waals surface area contributed by atoms with E-state index in [1.165, 1.54) is 6.07 Å². The van der Waals surface area contributed by atoms with Crippen LogP contribution in [-0.4, -0.2) is 23.1 Å². The number of aromatic carboxylic acids is 1. The van der Waals surface area contributed by atoms with Crippen LogP contribution < -0.4 is 0 Å². The molecule has 0 fully saturated rings. The van der Waals surface area contributed by atoms with Crippen molar-refractivity contribution in [1.29, 1.82) is 0 Å². The van der Waals surface area contributed by atoms with Crippen LogP contribution in [0.3, 0.4) is 0 Å². The van der Waals surface area contributed by atoms with Crippen molar-refractivity contribution in [2.75, 3.05) is 0 Å². The van der Waals surface area contributed by atoms with Gasteiger partial charge in [0.2, 0.25) is 0 Å². The van der Waals surface area contributed by atoms with Crippen molar-refractivity contribution in [1.82, 2.24) is 0 Å². The summed E-state index contributed by atoms with van der Waals surface area (Å²) < 4.78 is 5.52. The molecule has 1 atom stereocenters. The van der Waals surface area contributed by atoms with E-state index in [0.29, 0.717) is 17.9 Å². The molecule has 22 heavy (non-hydrogen) atoms. The molecule has 0 radical (unpaired) electrons. The third kappa shape index (κ3) is 4.86. The Morgan fingerprint density at radius 1 is 1.18 bits per heavy atom. The van der Waals surface area contributed by atoms with Crippen LogP contribution in [0.25, 0.3) is 0 Å². The van der Waals surface area contributed by atoms with Crippen molar-refractivity contribution in [2.24, 2.45) is 5.92 Å². The number of rotatable bonds is 8. The van der Waals surface area contributed by atoms with Crippen LogP contribution in [0.2, 0.25) is 0 Å². The number of esters is 1. The van der Waals surface area contributed by atoms with E-state index < -0.39 is 11.9 Å². The predicted octanol–water partition coefficient (Wildman–Crippen LogP) is 4.32. The molecule has 0 bridgehead atoms. The van der Waals surface area contributed by atoms with Gasteiger partial charge in [-0.2, -0.15) is 0 Å². The zero-order valence-electron chi connectivity index (χ0n) is 13.9. The van der Waals surface area contributed by atoms with Crippen molar-refractivity contribution in [2.45, 2.75) is 59.5 Å². The lowest BCUT2D eigenvalue weighted by atomic mass is 9.99. The third-order valence-electron chi connectivity index (χ3n) is 3.76. The molecule has 4 nitrogen and oxygen atoms in total. The summed E-state index contributed by atoms with van der Waals surface area (Å²) in [5, 5.41) is 9.39. The summed E-state index contributed by atoms with van der Waals surface area (Å²) in [5.74, 6) is -1.08. The average Bonchev–Trinajstić information content (AvgIpc) is 2.49. The zero-order valence-corrected chi connectivity index (χ0v) is 13.9. The molecular weight excluding hydrogens is 280 g/mol. The molecule has 0 saturated carbocycles. The molecule has 1 unspecified atom stereocenters. The van der Waals surface area contributed by atoms with Gasteiger partial charge in [-0.3, -0.25) is 0 Å². The van der Waals surface area contributed by atoms with Gasteiger partial charge in [0.25, 0.3) is 0 Å². The first-order valence-electron chi connectivity index (χ1n) is 7.96. The van der Waals surface area contributed by atoms with Crippen molar-refractivity contribution in [3.05, 3.63) is 34.9 Å². The van der Waals surface area contributed by atoms with E-state index in [-0.39, 0.29) is 17.2 Å². The minimum absolute atomic E-state index is 0.0636. The minimum Gasteiger partial charge on any atom is -0.478 e. The number of ether oxygens (including phenoxy) is 1. The van der Waals surface area contributed by atoms with Gasteiger partial charge in [0.05, 0.1) is 11.1 Å². The second-order valence-corrected chi connectivity index (χ2v) is 5.91. The quantitative estimate of drug-likeness (QED) is 0.726. The summed E-state index contributed by atoms with van der Waals surface area (Å²) in [6.45, 7) is 8.09. The molecule has 1 rings (SSSR count). The largest absolute Gasteiger partial charge is 0.478 e. The Hall–Kier alpha value is -1.84. The molecule has 0 spiro atoms. The Morgan fingerprint density at radius 2 is 1.86 bits per heavy atom. The van der Waals surface area contributed by atoms with E-state index >= 15 is 0 Å². The van der Waals surface area contributed by atoms with Crippen LogP contribution in [0, 0.1) is 5.92 Å². The lowest BCUT2D eigenvalue weighted by Crippen LogP contribution is -2.21. The number of benzene rings is 1. The molecule has 1 N–H and O–H groups in total. The lowest BCUT2D eigenvalue weighted by Gasteiger charge is -2.18. The van der Waals surface area contributed by atoms with Gasteiger partial charge in [0.15, 0.2) is 0 Å². The van der Waals surface area contributed by atoms with Crippen molar-refractivity contribution >= 4 is 11.9 Å². The number of aryl methyl sites for hydroxylation is 1. The zero-order chi connectivity index (χ0) is 16.7. The summed E-state index contributed by atoms with van der Waals surface area (Å²) in [4.78, 5) is 23.8. The van der Waals surface area contributed by atoms with Gasteiger partial charge >= 0.3 is 11.9 Å². The number of carbonyl (C=O) groups excluding carboxylic acids is 1. The van der Waals surface area contributed by atoms with Crippen LogP contribution in [0.1, 0.15) is 73.2 Å². The van der Waals surface area contributed by atoms with Crippen molar-refractivity contribution < 1.29 is 19.4 Å². The van der Waals surface area contributed by atoms with Crippen LogP contribution >= 0.6 is 0 Å². The fourth-order valence-corrected chi connectivity index (χ4v) is 2.40. The Bertz CT molecular complexity index is 520. The smallest absolute Gasteiger partial charge is 0.339 e. The molecule has 1 aromatic rings. The molecule has 0 aromatic heterocycles. The van der Waals surface area contributed by atoms with E-state index in [4.69, 9.17) is 4.74 Å². The van der Waals surface area contributed by atoms with Gasteiger partial charge in [0.1, 0.15) is 6.10 Å². The molecule has 0 saturated heterocycles. The number of hydrogen-bond acceptors (Lipinski definition) is 3. The van der Waals surface area contributed by atoms with Crippen LogP contribution in [0.4, 0.5) is 0 Å². The number of hydrogen-bond donors (Lipinski definition) is 1. The Balaban J connectivity index is 2.95. The van der Waals surface area contributed by atoms with Gasteiger partial charge < -0.3 is 9.84 Å². The first-order chi connectivity index (χ1) is 10.4. The molecule has 0 aliphatic carbocycles. The maximum atomic E-state index is 12.4. The Morgan fingerprint density at radius 3 is 2.36 bits per heavy atom. The summed E-state index contributed by atoms with van der Waals surface area (Å²) in [6, 6.07) is 4.97. The first-order valence-corrected chi connectivity index (χ1v) is 7.96. The van der Waals surface area contributed by atoms with Gasteiger partial charge in [0, 0.05) is 0 Å². The lowest BCUT2D eigenvalue weighted by molar-refractivity contribution is 0.0255. The van der Waals surface area contributed by atoms with Crippen molar-refractivity contribution in [3.8, 4) is 0 Å². The van der Waals surface area contributed by atoms with Gasteiger partial charge in [-0.15, -0.1) is 0 Å². The highest BCUT2D eigenvalue weighted by Crippen LogP contribution is 2.20. The van der Waals surface area contributed by atoms with Gasteiger partial charge in [-0.25, -0.2) is 9.59 Å². The highest BCUT2D eigenvalue weighted by atomic mass is 16.5. The number of carboxylic acids is 1. The second-order valence-electron chi connectivity index (χ2n) is 5.91. The molecule has 4 heteroatoms. The molecule has 0 heterocycles. The third-order valence-corrected chi connectivity index (χ3v) is 3.76. The maximum absolute atomic E-state index is 12.4. The van der Waals surface area contributed by atoms with Gasteiger partial charge in [-0.1, -0.05) is 39.8 Å². The predicted molar refractivity (Wildman–Crippen MR) is 86.3 cm³/mol. The van der Waals surface area contributed by atoms with Crippen LogP contribution in [0.5, 0.6) is 0 Å². The molecule has 0 aliphatic heterocycles. The normalized spacial score (nSPS) is 12.2. The van der Waals surface area contributed by atoms with Crippen molar-refractivity contribution in [3.63, 3.8) is 0 Å². The van der Waals surface area contributed by atoms with E-state index in [1.807, 2.05) is 13.8 Å². The summed E-state index contributed by atoms with van der Waals surface area (Å²) in [6.07, 6.45) is 2.91. The van der Waals surface area contributed by atoms with Crippen LogP contribution in [0.15, 0.2) is 18.2 Å². The summed E-state index contributed by atoms with van der Waals surface area (Å²) in [7, 11) is 0. The maximum Gasteiger partial charge on any atom is 0.339 e. The second kappa shape index (κ2) is 8.57. The van der Waals surface area contributed by atoms with E-state index in [0.717, 1.165) is 19.3 Å². The number of carboxylic acid groups (broad SMARTS) is 1. The topological polar surface area (TPSA) is 63.6 Å².